The summed E-state index contributed by atoms with van der Waals surface area (Å²) in [5.74, 6) is -1.14. The molecule has 0 heterocycles. The van der Waals surface area contributed by atoms with Crippen LogP contribution in [0, 0.1) is 10.1 Å². The van der Waals surface area contributed by atoms with E-state index in [9.17, 15) is 19.7 Å². The van der Waals surface area contributed by atoms with Crippen LogP contribution in [0.3, 0.4) is 0 Å². The normalized spacial score (nSPS) is 10.5. The highest BCUT2D eigenvalue weighted by atomic mass is 16.6. The van der Waals surface area contributed by atoms with E-state index >= 15 is 0 Å². The average Bonchev–Trinajstić information content (AvgIpc) is 2.72. The van der Waals surface area contributed by atoms with Gasteiger partial charge in [-0.2, -0.15) is 0 Å². The van der Waals surface area contributed by atoms with Crippen LogP contribution < -0.4 is 10.6 Å². The van der Waals surface area contributed by atoms with E-state index in [1.807, 2.05) is 26.0 Å². The molecule has 160 valence electrons. The summed E-state index contributed by atoms with van der Waals surface area (Å²) in [6.45, 7) is 4.26. The number of hydrogen-bond donors (Lipinski definition) is 2. The molecule has 0 saturated carbocycles. The second kappa shape index (κ2) is 10.9. The van der Waals surface area contributed by atoms with E-state index in [-0.39, 0.29) is 17.2 Å². The van der Waals surface area contributed by atoms with Crippen LogP contribution in [0.1, 0.15) is 35.7 Å². The number of carbonyl (C=O) groups excluding carboxylic acids is 2. The van der Waals surface area contributed by atoms with Gasteiger partial charge in [0, 0.05) is 37.2 Å². The lowest BCUT2D eigenvalue weighted by Crippen LogP contribution is -2.22. The van der Waals surface area contributed by atoms with Crippen molar-refractivity contribution in [1.29, 1.82) is 0 Å². The predicted molar refractivity (Wildman–Crippen MR) is 113 cm³/mol. The van der Waals surface area contributed by atoms with Crippen LogP contribution in [0.15, 0.2) is 42.5 Å². The second-order valence-corrected chi connectivity index (χ2v) is 6.77. The number of nitro benzene ring substituents is 1. The van der Waals surface area contributed by atoms with Crippen LogP contribution in [0.25, 0.3) is 0 Å². The van der Waals surface area contributed by atoms with Crippen LogP contribution in [0.4, 0.5) is 17.1 Å². The van der Waals surface area contributed by atoms with Gasteiger partial charge in [-0.05, 0) is 23.6 Å². The first-order chi connectivity index (χ1) is 14.3. The third-order valence-electron chi connectivity index (χ3n) is 4.25. The molecule has 0 fully saturated rings. The molecular formula is C21H25N3O6. The summed E-state index contributed by atoms with van der Waals surface area (Å²) in [6.07, 6.45) is 0. The molecule has 0 atom stereocenters. The number of rotatable bonds is 10. The maximum atomic E-state index is 12.5. The number of nitrogens with zero attached hydrogens (tertiary/aromatic N) is 1. The first kappa shape index (κ1) is 22.8. The summed E-state index contributed by atoms with van der Waals surface area (Å²) in [5, 5.41) is 16.7. The molecule has 9 nitrogen and oxygen atoms in total. The third-order valence-corrected chi connectivity index (χ3v) is 4.25. The number of nitro groups is 1. The topological polar surface area (TPSA) is 120 Å². The molecule has 2 aromatic rings. The molecule has 0 aliphatic carbocycles. The monoisotopic (exact) mass is 415 g/mol. The number of methoxy groups -OCH3 is 1. The van der Waals surface area contributed by atoms with Gasteiger partial charge in [0.25, 0.3) is 11.6 Å². The number of carbonyl (C=O) groups is 2. The number of esters is 1. The summed E-state index contributed by atoms with van der Waals surface area (Å²) in [5.41, 5.74) is 1.67. The van der Waals surface area contributed by atoms with Crippen LogP contribution in [0.5, 0.6) is 0 Å². The van der Waals surface area contributed by atoms with Crippen LogP contribution in [-0.2, 0) is 14.3 Å². The fraction of sp³-hybridized carbons (Fsp3) is 0.333. The Kier molecular flexibility index (Phi) is 8.30. The molecular weight excluding hydrogens is 390 g/mol. The Balaban J connectivity index is 2.08. The zero-order valence-corrected chi connectivity index (χ0v) is 17.1. The lowest BCUT2D eigenvalue weighted by Gasteiger charge is -2.14. The maximum Gasteiger partial charge on any atom is 0.341 e. The minimum absolute atomic E-state index is 0.0318. The number of para-hydroxylation sites is 1. The molecule has 2 N–H and O–H groups in total. The highest BCUT2D eigenvalue weighted by molar-refractivity contribution is 5.99. The Labute approximate surface area is 174 Å². The minimum atomic E-state index is -0.842. The number of anilines is 2. The molecule has 2 aromatic carbocycles. The molecule has 1 amide bonds. The Hall–Kier alpha value is -3.46. The van der Waals surface area contributed by atoms with Gasteiger partial charge < -0.3 is 20.1 Å². The van der Waals surface area contributed by atoms with Gasteiger partial charge in [-0.25, -0.2) is 4.79 Å². The summed E-state index contributed by atoms with van der Waals surface area (Å²) in [7, 11) is 1.53. The molecule has 30 heavy (non-hydrogen) atoms. The summed E-state index contributed by atoms with van der Waals surface area (Å²) in [4.78, 5) is 35.2. The van der Waals surface area contributed by atoms with E-state index in [1.54, 1.807) is 12.1 Å². The van der Waals surface area contributed by atoms with Crippen LogP contribution in [-0.4, -0.2) is 43.7 Å². The largest absolute Gasteiger partial charge is 0.452 e. The molecule has 0 radical (unpaired) electrons. The maximum absolute atomic E-state index is 12.5. The minimum Gasteiger partial charge on any atom is -0.452 e. The summed E-state index contributed by atoms with van der Waals surface area (Å²) < 4.78 is 10.0. The van der Waals surface area contributed by atoms with Crippen molar-refractivity contribution in [3.63, 3.8) is 0 Å². The van der Waals surface area contributed by atoms with E-state index < -0.39 is 23.4 Å². The van der Waals surface area contributed by atoms with E-state index in [0.717, 1.165) is 11.6 Å². The molecule has 0 bridgehead atoms. The fourth-order valence-electron chi connectivity index (χ4n) is 2.77. The second-order valence-electron chi connectivity index (χ2n) is 6.77. The van der Waals surface area contributed by atoms with Crippen LogP contribution in [0.2, 0.25) is 0 Å². The number of hydrogen-bond acceptors (Lipinski definition) is 7. The van der Waals surface area contributed by atoms with Crippen molar-refractivity contribution in [1.82, 2.24) is 0 Å². The van der Waals surface area contributed by atoms with Gasteiger partial charge in [0.05, 0.1) is 17.1 Å². The molecule has 0 unspecified atom stereocenters. The molecule has 9 heteroatoms. The van der Waals surface area contributed by atoms with Crippen molar-refractivity contribution in [2.24, 2.45) is 0 Å². The number of amides is 1. The van der Waals surface area contributed by atoms with Gasteiger partial charge >= 0.3 is 5.97 Å². The number of non-ortho nitro benzene ring substituents is 1. The number of benzene rings is 2. The zero-order chi connectivity index (χ0) is 22.1. The molecule has 2 rings (SSSR count). The van der Waals surface area contributed by atoms with E-state index in [2.05, 4.69) is 10.6 Å². The molecule has 0 spiro atoms. The quantitative estimate of drug-likeness (QED) is 0.263. The molecule has 0 saturated heterocycles. The van der Waals surface area contributed by atoms with E-state index in [0.29, 0.717) is 24.5 Å². The Bertz CT molecular complexity index is 913. The standard InChI is InChI=1S/C21H25N3O6/c1-14(2)16-6-4-5-7-19(16)23-20(25)13-30-21(26)17-12-15(24(27)28)8-9-18(17)22-10-11-29-3/h4-9,12,14,22H,10-11,13H2,1-3H3,(H,23,25). The first-order valence-corrected chi connectivity index (χ1v) is 9.40. The highest BCUT2D eigenvalue weighted by Crippen LogP contribution is 2.24. The molecule has 0 aromatic heterocycles. The van der Waals surface area contributed by atoms with Gasteiger partial charge in [0.1, 0.15) is 0 Å². The van der Waals surface area contributed by atoms with Crippen LogP contribution >= 0.6 is 0 Å². The Morgan fingerprint density at radius 2 is 1.87 bits per heavy atom. The van der Waals surface area contributed by atoms with Gasteiger partial charge in [-0.15, -0.1) is 0 Å². The van der Waals surface area contributed by atoms with Gasteiger partial charge in [-0.1, -0.05) is 32.0 Å². The Morgan fingerprint density at radius 1 is 1.13 bits per heavy atom. The smallest absolute Gasteiger partial charge is 0.341 e. The number of nitrogens with one attached hydrogen (secondary N) is 2. The van der Waals surface area contributed by atoms with Crippen molar-refractivity contribution < 1.29 is 24.0 Å². The van der Waals surface area contributed by atoms with Crippen molar-refractivity contribution in [3.05, 3.63) is 63.7 Å². The van der Waals surface area contributed by atoms with Gasteiger partial charge in [0.2, 0.25) is 0 Å². The zero-order valence-electron chi connectivity index (χ0n) is 17.1. The third kappa shape index (κ3) is 6.28. The molecule has 0 aliphatic heterocycles. The average molecular weight is 415 g/mol. The van der Waals surface area contributed by atoms with Gasteiger partial charge in [-0.3, -0.25) is 14.9 Å². The number of ether oxygens (including phenoxy) is 2. The van der Waals surface area contributed by atoms with Crippen molar-refractivity contribution in [2.45, 2.75) is 19.8 Å². The Morgan fingerprint density at radius 3 is 2.53 bits per heavy atom. The summed E-state index contributed by atoms with van der Waals surface area (Å²) >= 11 is 0. The molecule has 0 aliphatic rings. The van der Waals surface area contributed by atoms with E-state index in [4.69, 9.17) is 9.47 Å². The van der Waals surface area contributed by atoms with E-state index in [1.165, 1.54) is 19.2 Å². The predicted octanol–water partition coefficient (Wildman–Crippen LogP) is 3.57. The van der Waals surface area contributed by atoms with Crippen molar-refractivity contribution in [3.8, 4) is 0 Å². The first-order valence-electron chi connectivity index (χ1n) is 9.40. The summed E-state index contributed by atoms with van der Waals surface area (Å²) in [6, 6.07) is 11.2. The van der Waals surface area contributed by atoms with Gasteiger partial charge in [0.15, 0.2) is 6.61 Å². The lowest BCUT2D eigenvalue weighted by atomic mass is 10.0. The fourth-order valence-corrected chi connectivity index (χ4v) is 2.77. The van der Waals surface area contributed by atoms with Crippen molar-refractivity contribution in [2.75, 3.05) is 37.5 Å². The highest BCUT2D eigenvalue weighted by Gasteiger charge is 2.19. The SMILES string of the molecule is COCCNc1ccc([N+](=O)[O-])cc1C(=O)OCC(=O)Nc1ccccc1C(C)C. The van der Waals surface area contributed by atoms with Crippen molar-refractivity contribution >= 4 is 28.9 Å². The lowest BCUT2D eigenvalue weighted by molar-refractivity contribution is -0.384.